The van der Waals surface area contributed by atoms with Gasteiger partial charge in [0.25, 0.3) is 5.91 Å². The van der Waals surface area contributed by atoms with E-state index in [-0.39, 0.29) is 17.9 Å². The summed E-state index contributed by atoms with van der Waals surface area (Å²) in [6.45, 7) is -1.38. The molecule has 1 atom stereocenters. The molecule has 27 heavy (non-hydrogen) atoms. The van der Waals surface area contributed by atoms with Gasteiger partial charge in [-0.1, -0.05) is 12.1 Å². The number of alkyl halides is 2. The maximum atomic E-state index is 13.5. The molecule has 7 nitrogen and oxygen atoms in total. The van der Waals surface area contributed by atoms with Crippen LogP contribution in [0.5, 0.6) is 0 Å². The Morgan fingerprint density at radius 2 is 2.04 bits per heavy atom. The highest BCUT2D eigenvalue weighted by molar-refractivity contribution is 5.97. The molecule has 0 spiro atoms. The second kappa shape index (κ2) is 7.56. The Kier molecular flexibility index (Phi) is 5.20. The number of fused-ring (bicyclic) bond motifs is 1. The molecule has 142 valence electrons. The predicted octanol–water partition coefficient (Wildman–Crippen LogP) is 2.80. The van der Waals surface area contributed by atoms with Crippen molar-refractivity contribution in [1.82, 2.24) is 19.8 Å². The van der Waals surface area contributed by atoms with E-state index in [1.165, 1.54) is 37.5 Å². The SMILES string of the molecule is C[C@@H](NC(=O)c1ccoc1)C(=O)N(C)Cc1nc2ccccc2n1C(F)F. The summed E-state index contributed by atoms with van der Waals surface area (Å²) in [6, 6.07) is 7.16. The normalized spacial score (nSPS) is 12.3. The van der Waals surface area contributed by atoms with Crippen LogP contribution in [0.4, 0.5) is 8.78 Å². The van der Waals surface area contributed by atoms with Gasteiger partial charge in [0, 0.05) is 7.05 Å². The quantitative estimate of drug-likeness (QED) is 0.717. The van der Waals surface area contributed by atoms with Gasteiger partial charge < -0.3 is 14.6 Å². The lowest BCUT2D eigenvalue weighted by Gasteiger charge is -2.22. The zero-order valence-corrected chi connectivity index (χ0v) is 14.7. The molecule has 0 fully saturated rings. The number of carbonyl (C=O) groups is 2. The average Bonchev–Trinajstić information content (AvgIpc) is 3.28. The Morgan fingerprint density at radius 1 is 1.30 bits per heavy atom. The number of likely N-dealkylation sites (N-methyl/N-ethyl adjacent to an activating group) is 1. The van der Waals surface area contributed by atoms with Gasteiger partial charge in [0.1, 0.15) is 18.1 Å². The monoisotopic (exact) mass is 376 g/mol. The summed E-state index contributed by atoms with van der Waals surface area (Å²) in [5.41, 5.74) is 1.01. The number of hydrogen-bond acceptors (Lipinski definition) is 4. The minimum Gasteiger partial charge on any atom is -0.472 e. The second-order valence-corrected chi connectivity index (χ2v) is 6.07. The minimum absolute atomic E-state index is 0.0652. The van der Waals surface area contributed by atoms with E-state index < -0.39 is 24.4 Å². The van der Waals surface area contributed by atoms with Crippen LogP contribution >= 0.6 is 0 Å². The molecule has 0 unspecified atom stereocenters. The molecule has 0 saturated carbocycles. The Morgan fingerprint density at radius 3 is 2.70 bits per heavy atom. The van der Waals surface area contributed by atoms with E-state index in [2.05, 4.69) is 10.3 Å². The van der Waals surface area contributed by atoms with Gasteiger partial charge in [-0.3, -0.25) is 14.2 Å². The first-order valence-electron chi connectivity index (χ1n) is 8.20. The van der Waals surface area contributed by atoms with E-state index in [9.17, 15) is 18.4 Å². The van der Waals surface area contributed by atoms with Gasteiger partial charge in [-0.25, -0.2) is 4.98 Å². The molecule has 2 amide bonds. The van der Waals surface area contributed by atoms with Gasteiger partial charge >= 0.3 is 6.55 Å². The fraction of sp³-hybridized carbons (Fsp3) is 0.278. The predicted molar refractivity (Wildman–Crippen MR) is 93.1 cm³/mol. The van der Waals surface area contributed by atoms with Gasteiger partial charge in [0.05, 0.1) is 29.4 Å². The van der Waals surface area contributed by atoms with Crippen molar-refractivity contribution in [2.24, 2.45) is 0 Å². The van der Waals surface area contributed by atoms with Crippen molar-refractivity contribution in [1.29, 1.82) is 0 Å². The number of nitrogens with one attached hydrogen (secondary N) is 1. The average molecular weight is 376 g/mol. The molecule has 0 radical (unpaired) electrons. The van der Waals surface area contributed by atoms with Gasteiger partial charge in [-0.2, -0.15) is 8.78 Å². The van der Waals surface area contributed by atoms with Crippen LogP contribution in [0.3, 0.4) is 0 Å². The summed E-state index contributed by atoms with van der Waals surface area (Å²) in [5.74, 6) is -0.826. The van der Waals surface area contributed by atoms with E-state index in [0.717, 1.165) is 4.57 Å². The molecule has 2 aromatic heterocycles. The number of halogens is 2. The summed E-state index contributed by atoms with van der Waals surface area (Å²) < 4.78 is 32.6. The van der Waals surface area contributed by atoms with Crippen molar-refractivity contribution < 1.29 is 22.8 Å². The summed E-state index contributed by atoms with van der Waals surface area (Å²) in [5, 5.41) is 2.55. The van der Waals surface area contributed by atoms with Gasteiger partial charge in [0.15, 0.2) is 0 Å². The summed E-state index contributed by atoms with van der Waals surface area (Å²) in [6.07, 6.45) is 2.61. The molecule has 3 rings (SSSR count). The van der Waals surface area contributed by atoms with Crippen LogP contribution in [0, 0.1) is 0 Å². The van der Waals surface area contributed by atoms with Crippen LogP contribution in [0.1, 0.15) is 29.7 Å². The first-order chi connectivity index (χ1) is 12.9. The van der Waals surface area contributed by atoms with Crippen molar-refractivity contribution in [2.45, 2.75) is 26.1 Å². The molecule has 3 aromatic rings. The summed E-state index contributed by atoms with van der Waals surface area (Å²) >= 11 is 0. The number of rotatable bonds is 6. The number of carbonyl (C=O) groups excluding carboxylic acids is 2. The molecule has 0 aliphatic carbocycles. The highest BCUT2D eigenvalue weighted by atomic mass is 19.3. The number of hydrogen-bond donors (Lipinski definition) is 1. The summed E-state index contributed by atoms with van der Waals surface area (Å²) in [7, 11) is 1.47. The van der Waals surface area contributed by atoms with Crippen molar-refractivity contribution in [3.63, 3.8) is 0 Å². The molecular formula is C18H18F2N4O3. The standard InChI is InChI=1S/C18H18F2N4O3/c1-11(21-16(25)12-7-8-27-10-12)17(26)23(2)9-15-22-13-5-3-4-6-14(13)24(15)18(19)20/h3-8,10-11,18H,9H2,1-2H3,(H,21,25)/t11-/m1/s1. The molecule has 0 aliphatic heterocycles. The number of benzene rings is 1. The van der Waals surface area contributed by atoms with Crippen LogP contribution in [0.25, 0.3) is 11.0 Å². The first kappa shape index (κ1) is 18.6. The molecule has 2 heterocycles. The number of aromatic nitrogens is 2. The molecule has 1 N–H and O–H groups in total. The molecule has 0 aliphatic rings. The van der Waals surface area contributed by atoms with Crippen LogP contribution in [0.2, 0.25) is 0 Å². The van der Waals surface area contributed by atoms with E-state index in [1.54, 1.807) is 24.3 Å². The third kappa shape index (κ3) is 3.81. The third-order valence-electron chi connectivity index (χ3n) is 4.12. The minimum atomic E-state index is -2.78. The zero-order chi connectivity index (χ0) is 19.6. The lowest BCUT2D eigenvalue weighted by molar-refractivity contribution is -0.132. The van der Waals surface area contributed by atoms with Crippen molar-refractivity contribution in [2.75, 3.05) is 7.05 Å². The summed E-state index contributed by atoms with van der Waals surface area (Å²) in [4.78, 5) is 30.0. The van der Waals surface area contributed by atoms with Gasteiger partial charge in [-0.05, 0) is 25.1 Å². The maximum absolute atomic E-state index is 13.5. The Labute approximate surface area is 153 Å². The molecule has 9 heteroatoms. The van der Waals surface area contributed by atoms with Gasteiger partial charge in [-0.15, -0.1) is 0 Å². The van der Waals surface area contributed by atoms with E-state index in [1.807, 2.05) is 0 Å². The molecule has 1 aromatic carbocycles. The second-order valence-electron chi connectivity index (χ2n) is 6.07. The lowest BCUT2D eigenvalue weighted by Crippen LogP contribution is -2.45. The smallest absolute Gasteiger partial charge is 0.320 e. The third-order valence-corrected chi connectivity index (χ3v) is 4.12. The maximum Gasteiger partial charge on any atom is 0.320 e. The van der Waals surface area contributed by atoms with E-state index in [4.69, 9.17) is 4.42 Å². The van der Waals surface area contributed by atoms with Crippen LogP contribution in [0.15, 0.2) is 47.3 Å². The van der Waals surface area contributed by atoms with Crippen LogP contribution in [-0.4, -0.2) is 39.4 Å². The Hall–Kier alpha value is -3.23. The fourth-order valence-corrected chi connectivity index (χ4v) is 2.78. The largest absolute Gasteiger partial charge is 0.472 e. The van der Waals surface area contributed by atoms with Crippen LogP contribution in [-0.2, 0) is 11.3 Å². The lowest BCUT2D eigenvalue weighted by atomic mass is 10.2. The van der Waals surface area contributed by atoms with Crippen LogP contribution < -0.4 is 5.32 Å². The number of amides is 2. The molecule has 0 saturated heterocycles. The molecule has 0 bridgehead atoms. The number of furan rings is 1. The highest BCUT2D eigenvalue weighted by Crippen LogP contribution is 2.23. The molecular weight excluding hydrogens is 358 g/mol. The number of nitrogens with zero attached hydrogens (tertiary/aromatic N) is 3. The Balaban J connectivity index is 1.73. The zero-order valence-electron chi connectivity index (χ0n) is 14.7. The fourth-order valence-electron chi connectivity index (χ4n) is 2.78. The highest BCUT2D eigenvalue weighted by Gasteiger charge is 2.24. The van der Waals surface area contributed by atoms with Crippen molar-refractivity contribution >= 4 is 22.8 Å². The first-order valence-corrected chi connectivity index (χ1v) is 8.20. The topological polar surface area (TPSA) is 80.4 Å². The van der Waals surface area contributed by atoms with Crippen molar-refractivity contribution in [3.05, 3.63) is 54.2 Å². The number of imidazole rings is 1. The number of para-hydroxylation sites is 2. The van der Waals surface area contributed by atoms with E-state index >= 15 is 0 Å². The van der Waals surface area contributed by atoms with Gasteiger partial charge in [0.2, 0.25) is 5.91 Å². The Bertz CT molecular complexity index is 953. The van der Waals surface area contributed by atoms with E-state index in [0.29, 0.717) is 11.0 Å². The van der Waals surface area contributed by atoms with Crippen molar-refractivity contribution in [3.8, 4) is 0 Å².